The van der Waals surface area contributed by atoms with Crippen LogP contribution in [-0.4, -0.2) is 63.8 Å². The molecule has 7 atom stereocenters. The molecule has 1 heterocycles. The molecule has 0 aromatic rings. The van der Waals surface area contributed by atoms with Crippen LogP contribution in [0.4, 0.5) is 0 Å². The molecule has 0 bridgehead atoms. The van der Waals surface area contributed by atoms with Crippen molar-refractivity contribution in [1.82, 2.24) is 5.06 Å². The van der Waals surface area contributed by atoms with Gasteiger partial charge in [-0.1, -0.05) is 80.5 Å². The number of hydroxylamine groups is 2. The number of fused-ring (bicyclic) bond motifs is 1. The third kappa shape index (κ3) is 11.0. The summed E-state index contributed by atoms with van der Waals surface area (Å²) < 4.78 is 20.5. The highest BCUT2D eigenvalue weighted by Gasteiger charge is 2.46. The van der Waals surface area contributed by atoms with E-state index in [-0.39, 0.29) is 65.3 Å². The number of rotatable bonds is 15. The fraction of sp³-hybridized carbons (Fsp3) is 0.805. The smallest absolute Gasteiger partial charge is 0.335 e. The highest BCUT2D eigenvalue weighted by molar-refractivity contribution is 6.74. The standard InChI is InChI=1S/C41H71NO8Si2/c1-16-41(10,11)38(46)47-33-24-27(2)23-29-18-17-28(3)32(37(29)33)20-19-30(49-51(12,13)39(4,5)6)25-31(50-52(14,15)40(7,8)9)26-36(45)48-42-34(43)21-22-35(42)44/h17-18,23,27-28,30-33,37H,16,19-22,24-26H2,1-15H3/t27-,28-,30+,31+,32-,33-,37-/m0/s1. The SMILES string of the molecule is CCC(C)(C)C(=O)O[C@H]1C[C@@H](C)C=C2C=C[C@H](C)[C@H](CC[C@H](C[C@H](CC(=O)ON3C(=O)CCC3=O)O[Si](C)(C)C(C)(C)C)O[Si](C)(C)C(C)(C)C)[C@H]21. The number of carbonyl (C=O) groups is 4. The third-order valence-corrected chi connectivity index (χ3v) is 21.8. The van der Waals surface area contributed by atoms with E-state index in [4.69, 9.17) is 18.4 Å². The van der Waals surface area contributed by atoms with E-state index in [1.807, 2.05) is 20.8 Å². The van der Waals surface area contributed by atoms with E-state index in [1.54, 1.807) is 0 Å². The maximum atomic E-state index is 13.4. The van der Waals surface area contributed by atoms with E-state index in [1.165, 1.54) is 5.57 Å². The lowest BCUT2D eigenvalue weighted by Crippen LogP contribution is -2.48. The minimum atomic E-state index is -2.37. The van der Waals surface area contributed by atoms with Crippen molar-refractivity contribution in [2.24, 2.45) is 29.1 Å². The average Bonchev–Trinajstić information content (AvgIpc) is 3.30. The minimum absolute atomic E-state index is 0.0421. The number of carbonyl (C=O) groups excluding carboxylic acids is 4. The fourth-order valence-corrected chi connectivity index (χ4v) is 9.67. The van der Waals surface area contributed by atoms with Gasteiger partial charge in [0.2, 0.25) is 0 Å². The topological polar surface area (TPSA) is 108 Å². The summed E-state index contributed by atoms with van der Waals surface area (Å²) in [5.74, 6) is -0.889. The van der Waals surface area contributed by atoms with Gasteiger partial charge in [-0.3, -0.25) is 14.4 Å². The van der Waals surface area contributed by atoms with Gasteiger partial charge in [-0.25, -0.2) is 4.79 Å². The number of hydrogen-bond acceptors (Lipinski definition) is 8. The molecule has 2 aliphatic carbocycles. The predicted octanol–water partition coefficient (Wildman–Crippen LogP) is 9.69. The molecule has 0 aromatic carbocycles. The molecule has 1 saturated heterocycles. The van der Waals surface area contributed by atoms with Gasteiger partial charge in [0.25, 0.3) is 11.8 Å². The zero-order valence-corrected chi connectivity index (χ0v) is 37.1. The molecule has 0 spiro atoms. The summed E-state index contributed by atoms with van der Waals surface area (Å²) in [7, 11) is -4.65. The molecule has 1 aliphatic heterocycles. The van der Waals surface area contributed by atoms with Crippen LogP contribution in [0.2, 0.25) is 36.3 Å². The summed E-state index contributed by atoms with van der Waals surface area (Å²) in [6.07, 6.45) is 9.49. The molecular formula is C41H71NO8Si2. The van der Waals surface area contributed by atoms with Gasteiger partial charge in [-0.15, -0.1) is 5.06 Å². The summed E-state index contributed by atoms with van der Waals surface area (Å²) >= 11 is 0. The lowest BCUT2D eigenvalue weighted by Gasteiger charge is -2.45. The maximum absolute atomic E-state index is 13.4. The summed E-state index contributed by atoms with van der Waals surface area (Å²) in [5, 5.41) is 0.460. The van der Waals surface area contributed by atoms with Crippen LogP contribution in [0.15, 0.2) is 23.8 Å². The van der Waals surface area contributed by atoms with Crippen LogP contribution in [0, 0.1) is 29.1 Å². The Morgan fingerprint density at radius 3 is 1.94 bits per heavy atom. The van der Waals surface area contributed by atoms with Gasteiger partial charge in [0.05, 0.1) is 17.9 Å². The van der Waals surface area contributed by atoms with Gasteiger partial charge in [-0.05, 0) is 106 Å². The molecule has 296 valence electrons. The van der Waals surface area contributed by atoms with Crippen molar-refractivity contribution in [2.45, 2.75) is 182 Å². The number of esters is 1. The normalized spacial score (nSPS) is 25.8. The van der Waals surface area contributed by atoms with Crippen molar-refractivity contribution >= 4 is 40.4 Å². The second-order valence-electron chi connectivity index (χ2n) is 19.5. The van der Waals surface area contributed by atoms with E-state index in [0.29, 0.717) is 23.8 Å². The van der Waals surface area contributed by atoms with E-state index >= 15 is 0 Å². The van der Waals surface area contributed by atoms with Crippen LogP contribution in [0.1, 0.15) is 128 Å². The molecule has 0 radical (unpaired) electrons. The van der Waals surface area contributed by atoms with Crippen molar-refractivity contribution in [3.05, 3.63) is 23.8 Å². The first-order valence-corrected chi connectivity index (χ1v) is 25.5. The number of amides is 2. The van der Waals surface area contributed by atoms with Gasteiger partial charge in [0.1, 0.15) is 6.10 Å². The molecule has 11 heteroatoms. The Bertz CT molecular complexity index is 1360. The van der Waals surface area contributed by atoms with Gasteiger partial charge in [-0.2, -0.15) is 0 Å². The second kappa shape index (κ2) is 16.7. The van der Waals surface area contributed by atoms with Gasteiger partial charge < -0.3 is 18.4 Å². The monoisotopic (exact) mass is 761 g/mol. The van der Waals surface area contributed by atoms with Crippen molar-refractivity contribution in [3.63, 3.8) is 0 Å². The van der Waals surface area contributed by atoms with Crippen molar-refractivity contribution in [3.8, 4) is 0 Å². The van der Waals surface area contributed by atoms with Crippen molar-refractivity contribution in [1.29, 1.82) is 0 Å². The largest absolute Gasteiger partial charge is 0.461 e. The van der Waals surface area contributed by atoms with Gasteiger partial charge in [0, 0.05) is 24.9 Å². The highest BCUT2D eigenvalue weighted by Crippen LogP contribution is 2.47. The van der Waals surface area contributed by atoms with Crippen LogP contribution in [0.3, 0.4) is 0 Å². The van der Waals surface area contributed by atoms with E-state index in [9.17, 15) is 19.2 Å². The first-order chi connectivity index (χ1) is 23.7. The first-order valence-electron chi connectivity index (χ1n) is 19.7. The highest BCUT2D eigenvalue weighted by atomic mass is 28.4. The van der Waals surface area contributed by atoms with Crippen molar-refractivity contribution in [2.75, 3.05) is 0 Å². The molecule has 0 N–H and O–H groups in total. The zero-order chi connectivity index (χ0) is 39.6. The molecule has 0 unspecified atom stereocenters. The number of nitrogens with zero attached hydrogens (tertiary/aromatic N) is 1. The molecule has 0 saturated carbocycles. The Balaban J connectivity index is 1.95. The lowest BCUT2D eigenvalue weighted by molar-refractivity contribution is -0.198. The van der Waals surface area contributed by atoms with E-state index in [2.05, 4.69) is 99.8 Å². The van der Waals surface area contributed by atoms with E-state index < -0.39 is 45.9 Å². The number of imide groups is 1. The Morgan fingerprint density at radius 1 is 0.885 bits per heavy atom. The summed E-state index contributed by atoms with van der Waals surface area (Å²) in [6.45, 7) is 32.4. The predicted molar refractivity (Wildman–Crippen MR) is 211 cm³/mol. The summed E-state index contributed by atoms with van der Waals surface area (Å²) in [4.78, 5) is 56.7. The molecule has 52 heavy (non-hydrogen) atoms. The fourth-order valence-electron chi connectivity index (χ4n) is 6.90. The Labute approximate surface area is 317 Å². The Kier molecular flexibility index (Phi) is 14.3. The van der Waals surface area contributed by atoms with E-state index in [0.717, 1.165) is 19.3 Å². The van der Waals surface area contributed by atoms with Crippen LogP contribution in [-0.2, 0) is 37.6 Å². The molecule has 1 fully saturated rings. The van der Waals surface area contributed by atoms with Crippen LogP contribution >= 0.6 is 0 Å². The summed E-state index contributed by atoms with van der Waals surface area (Å²) in [6, 6.07) is 0. The van der Waals surface area contributed by atoms with Crippen LogP contribution in [0.5, 0.6) is 0 Å². The molecule has 0 aromatic heterocycles. The molecule has 9 nitrogen and oxygen atoms in total. The Morgan fingerprint density at radius 2 is 1.42 bits per heavy atom. The number of ether oxygens (including phenoxy) is 1. The minimum Gasteiger partial charge on any atom is -0.461 e. The molecule has 3 rings (SSSR count). The van der Waals surface area contributed by atoms with Gasteiger partial charge in [0.15, 0.2) is 16.6 Å². The molecular weight excluding hydrogens is 691 g/mol. The van der Waals surface area contributed by atoms with Crippen LogP contribution in [0.25, 0.3) is 0 Å². The third-order valence-electron chi connectivity index (χ3n) is 12.8. The summed E-state index contributed by atoms with van der Waals surface area (Å²) in [5.41, 5.74) is 0.706. The van der Waals surface area contributed by atoms with Crippen LogP contribution < -0.4 is 0 Å². The average molecular weight is 762 g/mol. The molecule has 2 amide bonds. The zero-order valence-electron chi connectivity index (χ0n) is 35.1. The Hall–Kier alpha value is -2.09. The number of hydrogen-bond donors (Lipinski definition) is 0. The maximum Gasteiger partial charge on any atom is 0.335 e. The van der Waals surface area contributed by atoms with Crippen molar-refractivity contribution < 1.29 is 37.6 Å². The quantitative estimate of drug-likeness (QED) is 0.0923. The first kappa shape index (κ1) is 44.3. The molecule has 3 aliphatic rings. The number of allylic oxidation sites excluding steroid dienone is 3. The second-order valence-corrected chi connectivity index (χ2v) is 29.0. The van der Waals surface area contributed by atoms with Gasteiger partial charge >= 0.3 is 11.9 Å². The lowest BCUT2D eigenvalue weighted by atomic mass is 9.65.